The highest BCUT2D eigenvalue weighted by molar-refractivity contribution is 5.52. The molecule has 2 rings (SSSR count). The molecule has 2 heterocycles. The lowest BCUT2D eigenvalue weighted by atomic mass is 10.3. The van der Waals surface area contributed by atoms with Gasteiger partial charge in [-0.1, -0.05) is 13.8 Å². The third-order valence-electron chi connectivity index (χ3n) is 2.19. The molecule has 0 radical (unpaired) electrons. The van der Waals surface area contributed by atoms with Crippen LogP contribution in [0.1, 0.15) is 19.7 Å². The van der Waals surface area contributed by atoms with Crippen LogP contribution in [0.2, 0.25) is 0 Å². The summed E-state index contributed by atoms with van der Waals surface area (Å²) < 4.78 is 3.96. The Morgan fingerprint density at radius 1 is 1.13 bits per heavy atom. The fourth-order valence-corrected chi connectivity index (χ4v) is 1.29. The highest BCUT2D eigenvalue weighted by Crippen LogP contribution is 2.16. The molecule has 0 fully saturated rings. The van der Waals surface area contributed by atoms with Crippen LogP contribution in [0.15, 0.2) is 18.7 Å². The number of hydrogen-bond donors (Lipinski definition) is 0. The maximum Gasteiger partial charge on any atom is 0.107 e. The fraction of sp³-hybridized carbons (Fsp3) is 0.455. The molecular weight excluding hydrogens is 188 g/mol. The third-order valence-corrected chi connectivity index (χ3v) is 2.19. The molecule has 0 aliphatic rings. The standard InChI is InChI=1S/C9H12N4.C2H6/c1-7-11-8(5-12(7)2)9-4-10-6-13(9)3;1-2/h4-6H,1-3H3;1-2H3. The van der Waals surface area contributed by atoms with Gasteiger partial charge in [-0.2, -0.15) is 0 Å². The predicted molar refractivity (Wildman–Crippen MR) is 61.5 cm³/mol. The van der Waals surface area contributed by atoms with Crippen LogP contribution in [-0.4, -0.2) is 19.1 Å². The average molecular weight is 206 g/mol. The van der Waals surface area contributed by atoms with E-state index >= 15 is 0 Å². The second-order valence-electron chi connectivity index (χ2n) is 3.17. The average Bonchev–Trinajstić information content (AvgIpc) is 2.78. The van der Waals surface area contributed by atoms with Gasteiger partial charge in [0.1, 0.15) is 11.5 Å². The van der Waals surface area contributed by atoms with E-state index in [1.54, 1.807) is 6.33 Å². The van der Waals surface area contributed by atoms with E-state index < -0.39 is 0 Å². The van der Waals surface area contributed by atoms with E-state index in [1.807, 2.05) is 56.4 Å². The lowest BCUT2D eigenvalue weighted by molar-refractivity contribution is 0.858. The van der Waals surface area contributed by atoms with Gasteiger partial charge >= 0.3 is 0 Å². The van der Waals surface area contributed by atoms with Crippen molar-refractivity contribution in [3.05, 3.63) is 24.5 Å². The summed E-state index contributed by atoms with van der Waals surface area (Å²) in [5, 5.41) is 0. The Bertz CT molecular complexity index is 406. The molecule has 0 spiro atoms. The molecule has 2 aromatic rings. The topological polar surface area (TPSA) is 35.6 Å². The van der Waals surface area contributed by atoms with Gasteiger partial charge < -0.3 is 9.13 Å². The zero-order valence-corrected chi connectivity index (χ0v) is 10.0. The van der Waals surface area contributed by atoms with E-state index in [4.69, 9.17) is 0 Å². The predicted octanol–water partition coefficient (Wildman–Crippen LogP) is 2.16. The third kappa shape index (κ3) is 2.26. The minimum Gasteiger partial charge on any atom is -0.338 e. The number of rotatable bonds is 1. The Kier molecular flexibility index (Phi) is 3.66. The Morgan fingerprint density at radius 3 is 2.20 bits per heavy atom. The highest BCUT2D eigenvalue weighted by Gasteiger charge is 2.06. The summed E-state index contributed by atoms with van der Waals surface area (Å²) in [5.74, 6) is 1.01. The van der Waals surface area contributed by atoms with Crippen LogP contribution < -0.4 is 0 Å². The molecule has 0 unspecified atom stereocenters. The van der Waals surface area contributed by atoms with Crippen LogP contribution in [0.5, 0.6) is 0 Å². The molecule has 0 N–H and O–H groups in total. The second-order valence-corrected chi connectivity index (χ2v) is 3.17. The van der Waals surface area contributed by atoms with E-state index in [1.165, 1.54) is 0 Å². The molecule has 4 heteroatoms. The molecule has 0 aromatic carbocycles. The Morgan fingerprint density at radius 2 is 1.80 bits per heavy atom. The quantitative estimate of drug-likeness (QED) is 0.716. The molecule has 15 heavy (non-hydrogen) atoms. The molecule has 82 valence electrons. The van der Waals surface area contributed by atoms with Gasteiger partial charge in [-0.15, -0.1) is 0 Å². The van der Waals surface area contributed by atoms with E-state index in [2.05, 4.69) is 9.97 Å². The van der Waals surface area contributed by atoms with Gasteiger partial charge in [0.2, 0.25) is 0 Å². The molecule has 0 saturated carbocycles. The summed E-state index contributed by atoms with van der Waals surface area (Å²) in [5.41, 5.74) is 2.02. The summed E-state index contributed by atoms with van der Waals surface area (Å²) in [6, 6.07) is 0. The number of imidazole rings is 2. The van der Waals surface area contributed by atoms with Crippen LogP contribution in [0.25, 0.3) is 11.4 Å². The van der Waals surface area contributed by atoms with Crippen LogP contribution in [0.3, 0.4) is 0 Å². The molecule has 0 bridgehead atoms. The van der Waals surface area contributed by atoms with Gasteiger partial charge in [0.15, 0.2) is 0 Å². The van der Waals surface area contributed by atoms with E-state index in [0.29, 0.717) is 0 Å². The molecule has 0 atom stereocenters. The second kappa shape index (κ2) is 4.77. The van der Waals surface area contributed by atoms with Crippen LogP contribution in [-0.2, 0) is 14.1 Å². The largest absolute Gasteiger partial charge is 0.338 e. The number of nitrogens with zero attached hydrogens (tertiary/aromatic N) is 4. The van der Waals surface area contributed by atoms with Crippen molar-refractivity contribution >= 4 is 0 Å². The van der Waals surface area contributed by atoms with Crippen LogP contribution >= 0.6 is 0 Å². The molecular formula is C11H18N4. The first kappa shape index (κ1) is 11.5. The summed E-state index contributed by atoms with van der Waals surface area (Å²) >= 11 is 0. The van der Waals surface area contributed by atoms with Crippen molar-refractivity contribution in [1.29, 1.82) is 0 Å². The Hall–Kier alpha value is -1.58. The van der Waals surface area contributed by atoms with Gasteiger partial charge in [0, 0.05) is 20.3 Å². The van der Waals surface area contributed by atoms with Gasteiger partial charge in [0.25, 0.3) is 0 Å². The summed E-state index contributed by atoms with van der Waals surface area (Å²) in [6.45, 7) is 5.99. The first-order valence-electron chi connectivity index (χ1n) is 5.15. The summed E-state index contributed by atoms with van der Waals surface area (Å²) in [7, 11) is 3.95. The highest BCUT2D eigenvalue weighted by atomic mass is 15.1. The minimum absolute atomic E-state index is 0.972. The lowest BCUT2D eigenvalue weighted by Gasteiger charge is -1.95. The van der Waals surface area contributed by atoms with Gasteiger partial charge in [0.05, 0.1) is 18.2 Å². The van der Waals surface area contributed by atoms with Crippen molar-refractivity contribution in [3.63, 3.8) is 0 Å². The van der Waals surface area contributed by atoms with Gasteiger partial charge in [-0.3, -0.25) is 0 Å². The molecule has 0 aliphatic heterocycles. The van der Waals surface area contributed by atoms with Crippen molar-refractivity contribution in [2.45, 2.75) is 20.8 Å². The summed E-state index contributed by atoms with van der Waals surface area (Å²) in [6.07, 6.45) is 5.60. The van der Waals surface area contributed by atoms with Crippen molar-refractivity contribution in [3.8, 4) is 11.4 Å². The normalized spacial score (nSPS) is 9.67. The number of hydrogen-bond acceptors (Lipinski definition) is 2. The zero-order valence-electron chi connectivity index (χ0n) is 10.0. The monoisotopic (exact) mass is 206 g/mol. The van der Waals surface area contributed by atoms with Crippen LogP contribution in [0, 0.1) is 6.92 Å². The van der Waals surface area contributed by atoms with Gasteiger partial charge in [-0.05, 0) is 6.92 Å². The lowest BCUT2D eigenvalue weighted by Crippen LogP contribution is -1.88. The molecule has 2 aromatic heterocycles. The zero-order chi connectivity index (χ0) is 11.4. The van der Waals surface area contributed by atoms with Crippen molar-refractivity contribution in [1.82, 2.24) is 19.1 Å². The van der Waals surface area contributed by atoms with E-state index in [-0.39, 0.29) is 0 Å². The molecule has 0 aliphatic carbocycles. The Balaban J connectivity index is 0.000000531. The molecule has 4 nitrogen and oxygen atoms in total. The van der Waals surface area contributed by atoms with Crippen LogP contribution in [0.4, 0.5) is 0 Å². The summed E-state index contributed by atoms with van der Waals surface area (Å²) in [4.78, 5) is 8.47. The smallest absolute Gasteiger partial charge is 0.107 e. The first-order valence-corrected chi connectivity index (χ1v) is 5.15. The van der Waals surface area contributed by atoms with Crippen molar-refractivity contribution < 1.29 is 0 Å². The molecule has 0 saturated heterocycles. The number of aryl methyl sites for hydroxylation is 3. The van der Waals surface area contributed by atoms with Crippen molar-refractivity contribution in [2.24, 2.45) is 14.1 Å². The van der Waals surface area contributed by atoms with Crippen molar-refractivity contribution in [2.75, 3.05) is 0 Å². The SMILES string of the molecule is CC.Cc1nc(-c2cncn2C)cn1C. The minimum atomic E-state index is 0.972. The first-order chi connectivity index (χ1) is 7.18. The fourth-order valence-electron chi connectivity index (χ4n) is 1.29. The van der Waals surface area contributed by atoms with Gasteiger partial charge in [-0.25, -0.2) is 9.97 Å². The maximum atomic E-state index is 4.42. The van der Waals surface area contributed by atoms with E-state index in [9.17, 15) is 0 Å². The van der Waals surface area contributed by atoms with E-state index in [0.717, 1.165) is 17.2 Å². The molecule has 0 amide bonds. The maximum absolute atomic E-state index is 4.42. The number of aromatic nitrogens is 4. The Labute approximate surface area is 90.6 Å².